The van der Waals surface area contributed by atoms with Crippen molar-refractivity contribution in [2.45, 2.75) is 217 Å². The van der Waals surface area contributed by atoms with Crippen molar-refractivity contribution in [1.29, 1.82) is 0 Å². The maximum Gasteiger partial charge on any atom is 0.334 e. The summed E-state index contributed by atoms with van der Waals surface area (Å²) in [4.78, 5) is 11.7. The van der Waals surface area contributed by atoms with Gasteiger partial charge in [-0.1, -0.05) is 103 Å². The molecule has 44 heavy (non-hydrogen) atoms. The van der Waals surface area contributed by atoms with Crippen LogP contribution in [0.2, 0.25) is 0 Å². The smallest absolute Gasteiger partial charge is 0.334 e. The summed E-state index contributed by atoms with van der Waals surface area (Å²) >= 11 is 0. The fourth-order valence-corrected chi connectivity index (χ4v) is 7.25. The van der Waals surface area contributed by atoms with Crippen molar-refractivity contribution in [3.63, 3.8) is 0 Å². The van der Waals surface area contributed by atoms with Gasteiger partial charge < -0.3 is 29.5 Å². The molecule has 3 aliphatic heterocycles. The third kappa shape index (κ3) is 14.2. The average molecular weight is 623 g/mol. The molecule has 3 N–H and O–H groups in total. The molecule has 0 spiro atoms. The molecule has 0 aliphatic carbocycles. The summed E-state index contributed by atoms with van der Waals surface area (Å²) < 4.78 is 17.7. The van der Waals surface area contributed by atoms with Crippen molar-refractivity contribution >= 4 is 5.97 Å². The summed E-state index contributed by atoms with van der Waals surface area (Å²) in [6.07, 6.45) is 25.9. The number of cyclic esters (lactones) is 1. The van der Waals surface area contributed by atoms with E-state index in [1.807, 2.05) is 13.0 Å². The van der Waals surface area contributed by atoms with Crippen LogP contribution in [0.5, 0.6) is 0 Å². The van der Waals surface area contributed by atoms with E-state index in [9.17, 15) is 20.1 Å². The van der Waals surface area contributed by atoms with Crippen molar-refractivity contribution in [3.05, 3.63) is 11.6 Å². The van der Waals surface area contributed by atoms with Crippen LogP contribution < -0.4 is 0 Å². The van der Waals surface area contributed by atoms with E-state index in [1.54, 1.807) is 0 Å². The Morgan fingerprint density at radius 3 is 1.57 bits per heavy atom. The highest BCUT2D eigenvalue weighted by molar-refractivity contribution is 5.90. The molecule has 2 saturated heterocycles. The lowest BCUT2D eigenvalue weighted by molar-refractivity contribution is -0.139. The number of rotatable bonds is 25. The number of aliphatic hydroxyl groups is 3. The van der Waals surface area contributed by atoms with Gasteiger partial charge >= 0.3 is 5.97 Å². The Kier molecular flexibility index (Phi) is 18.5. The number of ether oxygens (including phenoxy) is 3. The molecule has 8 atom stereocenters. The topological polar surface area (TPSA) is 105 Å². The Hall–Kier alpha value is -0.990. The maximum absolute atomic E-state index is 11.7. The van der Waals surface area contributed by atoms with Gasteiger partial charge in [0.05, 0.1) is 42.7 Å². The molecule has 0 unspecified atom stereocenters. The summed E-state index contributed by atoms with van der Waals surface area (Å²) in [5.74, 6) is -0.231. The number of hydrogen-bond acceptors (Lipinski definition) is 7. The largest absolute Gasteiger partial charge is 0.455 e. The maximum atomic E-state index is 11.7. The van der Waals surface area contributed by atoms with E-state index in [2.05, 4.69) is 6.92 Å². The molecule has 2 fully saturated rings. The first kappa shape index (κ1) is 37.5. The van der Waals surface area contributed by atoms with Gasteiger partial charge in [-0.2, -0.15) is 0 Å². The SMILES string of the molecule is CCCCCCCCCC[C@H](O)[C@@H]1CC[C@H]([C@@H]2CC[C@@H]([C@H](O)CCCCCCCCC[C@H](O)CCC3=C[C@@H](C)OC3=O)O2)O1. The first-order valence-corrected chi connectivity index (χ1v) is 18.6. The zero-order chi connectivity index (χ0) is 31.6. The number of carbonyl (C=O) groups is 1. The van der Waals surface area contributed by atoms with Crippen LogP contribution >= 0.6 is 0 Å². The van der Waals surface area contributed by atoms with Gasteiger partial charge in [0.1, 0.15) is 6.10 Å². The van der Waals surface area contributed by atoms with Gasteiger partial charge in [-0.3, -0.25) is 0 Å². The van der Waals surface area contributed by atoms with Crippen LogP contribution in [0.25, 0.3) is 0 Å². The van der Waals surface area contributed by atoms with E-state index in [0.717, 1.165) is 77.0 Å². The number of carbonyl (C=O) groups excluding carboxylic acids is 1. The Bertz CT molecular complexity index is 801. The molecular formula is C37H66O7. The minimum atomic E-state index is -0.406. The summed E-state index contributed by atoms with van der Waals surface area (Å²) in [7, 11) is 0. The first-order chi connectivity index (χ1) is 21.4. The lowest BCUT2D eigenvalue weighted by atomic mass is 10.00. The minimum absolute atomic E-state index is 0.0495. The summed E-state index contributed by atoms with van der Waals surface area (Å²) in [6.45, 7) is 4.11. The van der Waals surface area contributed by atoms with Crippen molar-refractivity contribution in [2.75, 3.05) is 0 Å². The molecule has 0 bridgehead atoms. The highest BCUT2D eigenvalue weighted by Gasteiger charge is 2.40. The Morgan fingerprint density at radius 1 is 0.659 bits per heavy atom. The van der Waals surface area contributed by atoms with Crippen molar-refractivity contribution in [2.24, 2.45) is 0 Å². The van der Waals surface area contributed by atoms with Crippen LogP contribution in [-0.4, -0.2) is 70.1 Å². The van der Waals surface area contributed by atoms with Gasteiger partial charge in [0.15, 0.2) is 0 Å². The molecule has 7 heteroatoms. The van der Waals surface area contributed by atoms with Crippen molar-refractivity contribution in [3.8, 4) is 0 Å². The van der Waals surface area contributed by atoms with Crippen LogP contribution in [0, 0.1) is 0 Å². The van der Waals surface area contributed by atoms with E-state index in [-0.39, 0.29) is 48.7 Å². The Labute approximate surface area is 268 Å². The van der Waals surface area contributed by atoms with Gasteiger partial charge in [0, 0.05) is 5.57 Å². The zero-order valence-electron chi connectivity index (χ0n) is 28.1. The summed E-state index contributed by atoms with van der Waals surface area (Å²) in [5, 5.41) is 31.7. The van der Waals surface area contributed by atoms with Crippen molar-refractivity contribution < 1.29 is 34.3 Å². The monoisotopic (exact) mass is 622 g/mol. The molecule has 3 heterocycles. The predicted octanol–water partition coefficient (Wildman–Crippen LogP) is 7.86. The van der Waals surface area contributed by atoms with E-state index >= 15 is 0 Å². The molecule has 0 amide bonds. The second kappa shape index (κ2) is 21.7. The molecule has 0 saturated carbocycles. The minimum Gasteiger partial charge on any atom is -0.455 e. The van der Waals surface area contributed by atoms with Gasteiger partial charge in [0.2, 0.25) is 0 Å². The second-order valence-electron chi connectivity index (χ2n) is 14.0. The lowest BCUT2D eigenvalue weighted by Gasteiger charge is -2.24. The number of unbranched alkanes of at least 4 members (excludes halogenated alkanes) is 13. The standard InChI is InChI=1S/C37H66O7/c1-3-4-5-6-7-10-13-16-19-31(39)33-23-25-35(43-33)36-26-24-34(44-36)32(40)20-17-14-11-8-9-12-15-18-30(38)22-21-29-27-28(2)42-37(29)41/h27-28,30-36,38-40H,3-26H2,1-2H3/t28-,30+,31+,32-,33+,34+,35-,36+/m1/s1. The molecule has 0 aromatic carbocycles. The van der Waals surface area contributed by atoms with Gasteiger partial charge in [-0.15, -0.1) is 0 Å². The second-order valence-corrected chi connectivity index (χ2v) is 14.0. The summed E-state index contributed by atoms with van der Waals surface area (Å²) in [5.41, 5.74) is 0.706. The van der Waals surface area contributed by atoms with Crippen molar-refractivity contribution in [1.82, 2.24) is 0 Å². The van der Waals surface area contributed by atoms with E-state index in [1.165, 1.54) is 64.2 Å². The molecule has 3 aliphatic rings. The molecule has 0 radical (unpaired) electrons. The van der Waals surface area contributed by atoms with Gasteiger partial charge in [0.25, 0.3) is 0 Å². The molecule has 3 rings (SSSR count). The molecule has 256 valence electrons. The lowest BCUT2D eigenvalue weighted by Crippen LogP contribution is -2.33. The summed E-state index contributed by atoms with van der Waals surface area (Å²) in [6, 6.07) is 0. The fourth-order valence-electron chi connectivity index (χ4n) is 7.25. The average Bonchev–Trinajstić information content (AvgIpc) is 3.76. The highest BCUT2D eigenvalue weighted by Crippen LogP contribution is 2.34. The third-order valence-corrected chi connectivity index (χ3v) is 10.1. The van der Waals surface area contributed by atoms with Gasteiger partial charge in [-0.05, 0) is 70.8 Å². The quantitative estimate of drug-likeness (QED) is 0.0703. The van der Waals surface area contributed by atoms with Crippen LogP contribution in [0.4, 0.5) is 0 Å². The van der Waals surface area contributed by atoms with Crippen LogP contribution in [0.1, 0.15) is 168 Å². The van der Waals surface area contributed by atoms with Crippen LogP contribution in [0.15, 0.2) is 11.6 Å². The van der Waals surface area contributed by atoms with E-state index in [4.69, 9.17) is 14.2 Å². The molecule has 7 nitrogen and oxygen atoms in total. The zero-order valence-corrected chi connectivity index (χ0v) is 28.1. The fraction of sp³-hybridized carbons (Fsp3) is 0.919. The number of esters is 1. The van der Waals surface area contributed by atoms with Gasteiger partial charge in [-0.25, -0.2) is 4.79 Å². The molecular weight excluding hydrogens is 556 g/mol. The van der Waals surface area contributed by atoms with Crippen LogP contribution in [0.3, 0.4) is 0 Å². The number of aliphatic hydroxyl groups excluding tert-OH is 3. The van der Waals surface area contributed by atoms with Crippen LogP contribution in [-0.2, 0) is 19.0 Å². The first-order valence-electron chi connectivity index (χ1n) is 18.6. The third-order valence-electron chi connectivity index (χ3n) is 10.1. The predicted molar refractivity (Wildman–Crippen MR) is 175 cm³/mol. The normalized spacial score (nSPS) is 27.4. The highest BCUT2D eigenvalue weighted by atomic mass is 16.6. The molecule has 0 aromatic rings. The van der Waals surface area contributed by atoms with E-state index < -0.39 is 6.10 Å². The molecule has 0 aromatic heterocycles. The Morgan fingerprint density at radius 2 is 1.11 bits per heavy atom. The Balaban J connectivity index is 1.13. The van der Waals surface area contributed by atoms with E-state index in [0.29, 0.717) is 18.4 Å². The number of hydrogen-bond donors (Lipinski definition) is 3.